The van der Waals surface area contributed by atoms with Crippen molar-refractivity contribution in [1.29, 1.82) is 0 Å². The molecular weight excluding hydrogens is 511 g/mol. The van der Waals surface area contributed by atoms with Crippen molar-refractivity contribution < 1.29 is 60.1 Å². The summed E-state index contributed by atoms with van der Waals surface area (Å²) in [5.74, 6) is 0. The number of anilines is 1. The van der Waals surface area contributed by atoms with E-state index < -0.39 is 30.0 Å². The Kier molecular flexibility index (Phi) is 10.4. The summed E-state index contributed by atoms with van der Waals surface area (Å²) < 4.78 is 73.7. The van der Waals surface area contributed by atoms with Crippen molar-refractivity contribution >= 4 is 37.2 Å². The van der Waals surface area contributed by atoms with Crippen LogP contribution in [0.4, 0.5) is 5.69 Å². The fourth-order valence-electron chi connectivity index (χ4n) is 3.94. The van der Waals surface area contributed by atoms with Gasteiger partial charge < -0.3 is 14.4 Å². The number of nitrogens with zero attached hydrogens (tertiary/aromatic N) is 1. The van der Waals surface area contributed by atoms with Gasteiger partial charge in [-0.1, -0.05) is 12.1 Å². The van der Waals surface area contributed by atoms with Crippen LogP contribution in [-0.4, -0.2) is 55.9 Å². The summed E-state index contributed by atoms with van der Waals surface area (Å²) in [5, 5.41) is 3.17. The van der Waals surface area contributed by atoms with Crippen molar-refractivity contribution in [3.8, 4) is 0 Å². The monoisotopic (exact) mass is 538 g/mol. The van der Waals surface area contributed by atoms with Gasteiger partial charge in [-0.2, -0.15) is 0 Å². The van der Waals surface area contributed by atoms with Crippen molar-refractivity contribution in [2.75, 3.05) is 25.0 Å². The van der Waals surface area contributed by atoms with Crippen LogP contribution in [0, 0.1) is 0 Å². The molecule has 0 unspecified atom stereocenters. The molecule has 1 aliphatic rings. The second kappa shape index (κ2) is 12.5. The minimum absolute atomic E-state index is 0. The maximum atomic E-state index is 12.1. The van der Waals surface area contributed by atoms with E-state index in [-0.39, 0.29) is 35.1 Å². The van der Waals surface area contributed by atoms with Crippen LogP contribution in [0.15, 0.2) is 82.1 Å². The molecule has 0 radical (unpaired) electrons. The van der Waals surface area contributed by atoms with E-state index in [0.29, 0.717) is 23.3 Å². The molecule has 0 fully saturated rings. The molecule has 0 bridgehead atoms. The van der Waals surface area contributed by atoms with Crippen LogP contribution in [0.25, 0.3) is 5.57 Å². The Morgan fingerprint density at radius 1 is 0.833 bits per heavy atom. The van der Waals surface area contributed by atoms with Crippen LogP contribution in [0.5, 0.6) is 0 Å². The molecule has 0 heterocycles. The number of nitrogens with one attached hydrogen (secondary N) is 1. The van der Waals surface area contributed by atoms with E-state index in [4.69, 9.17) is 0 Å². The Bertz CT molecular complexity index is 1430. The molecule has 0 saturated heterocycles. The molecule has 1 N–H and O–H groups in total. The molecule has 0 saturated carbocycles. The molecule has 11 heteroatoms. The first-order valence-electron chi connectivity index (χ1n) is 11.1. The van der Waals surface area contributed by atoms with Gasteiger partial charge in [0.15, 0.2) is 5.71 Å². The van der Waals surface area contributed by atoms with Gasteiger partial charge in [0.25, 0.3) is 0 Å². The van der Waals surface area contributed by atoms with Crippen LogP contribution in [0.2, 0.25) is 0 Å². The van der Waals surface area contributed by atoms with E-state index in [1.165, 1.54) is 0 Å². The molecule has 0 aromatic heterocycles. The molecule has 1 aliphatic carbocycles. The first kappa shape index (κ1) is 30.2. The third kappa shape index (κ3) is 7.04. The average molecular weight is 539 g/mol. The van der Waals surface area contributed by atoms with E-state index in [9.17, 15) is 25.9 Å². The maximum Gasteiger partial charge on any atom is 1.00 e. The average Bonchev–Trinajstić information content (AvgIpc) is 2.81. The van der Waals surface area contributed by atoms with Gasteiger partial charge >= 0.3 is 29.6 Å². The first-order chi connectivity index (χ1) is 16.5. The molecule has 8 nitrogen and oxygen atoms in total. The fourth-order valence-corrected chi connectivity index (χ4v) is 5.10. The molecule has 3 rings (SSSR count). The van der Waals surface area contributed by atoms with Gasteiger partial charge in [-0.05, 0) is 80.0 Å². The third-order valence-electron chi connectivity index (χ3n) is 5.62. The Morgan fingerprint density at radius 2 is 1.42 bits per heavy atom. The fraction of sp³-hybridized carbons (Fsp3) is 0.240. The zero-order chi connectivity index (χ0) is 25.8. The first-order valence-corrected chi connectivity index (χ1v) is 13.9. The number of allylic oxidation sites excluding steroid dienone is 5. The quantitative estimate of drug-likeness (QED) is 0.292. The van der Waals surface area contributed by atoms with Gasteiger partial charge in [0.2, 0.25) is 0 Å². The maximum absolute atomic E-state index is 12.1. The summed E-state index contributed by atoms with van der Waals surface area (Å²) in [5.41, 5.74) is 3.06. The minimum Gasteiger partial charge on any atom is -0.744 e. The van der Waals surface area contributed by atoms with Crippen molar-refractivity contribution in [3.63, 3.8) is 0 Å². The Balaban J connectivity index is 0.00000456. The second-order valence-electron chi connectivity index (χ2n) is 7.77. The van der Waals surface area contributed by atoms with Crippen LogP contribution in [-0.2, 0) is 20.2 Å². The summed E-state index contributed by atoms with van der Waals surface area (Å²) in [6, 6.07) is 9.74. The molecule has 0 spiro atoms. The molecule has 0 aliphatic heterocycles. The van der Waals surface area contributed by atoms with E-state index in [1.54, 1.807) is 36.4 Å². The van der Waals surface area contributed by atoms with Gasteiger partial charge in [0, 0.05) is 29.9 Å². The van der Waals surface area contributed by atoms with E-state index in [0.717, 1.165) is 42.7 Å². The largest absolute Gasteiger partial charge is 1.00 e. The van der Waals surface area contributed by atoms with Gasteiger partial charge in [-0.15, -0.1) is 0 Å². The predicted molar refractivity (Wildman–Crippen MR) is 134 cm³/mol. The van der Waals surface area contributed by atoms with Gasteiger partial charge in [0.05, 0.1) is 9.79 Å². The van der Waals surface area contributed by atoms with Crippen LogP contribution >= 0.6 is 0 Å². The number of benzene rings is 2. The standard InChI is InChI=1S/C25H28N2O6S2.Na/c1-4-26-20-11-7-18(8-12-20)25(19-9-13-21(14-10-19)27(5-2)6-3)23-17-22(34(28,29)30)15-16-24(23)35(31,32)33;/h7-17H,4-6H2,1-3H3,(H2,28,29,30,31,32,33);/q;+1/p-1. The summed E-state index contributed by atoms with van der Waals surface area (Å²) in [7, 11) is -9.89. The third-order valence-corrected chi connectivity index (χ3v) is 7.34. The molecular formula is C25H27N2NaO6S2. The topological polar surface area (TPSA) is 129 Å². The van der Waals surface area contributed by atoms with Crippen LogP contribution in [0.1, 0.15) is 31.9 Å². The van der Waals surface area contributed by atoms with Crippen LogP contribution in [0.3, 0.4) is 0 Å². The number of rotatable bonds is 8. The second-order valence-corrected chi connectivity index (χ2v) is 10.5. The van der Waals surface area contributed by atoms with Gasteiger partial charge in [0.1, 0.15) is 33.3 Å². The number of hydrogen-bond donors (Lipinski definition) is 1. The molecule has 2 aromatic carbocycles. The number of hydrogen-bond acceptors (Lipinski definition) is 7. The summed E-state index contributed by atoms with van der Waals surface area (Å²) in [4.78, 5) is -1.23. The summed E-state index contributed by atoms with van der Waals surface area (Å²) in [6.07, 6.45) is 7.30. The van der Waals surface area contributed by atoms with Crippen molar-refractivity contribution in [3.05, 3.63) is 83.5 Å². The zero-order valence-corrected chi connectivity index (χ0v) is 24.3. The Morgan fingerprint density at radius 3 is 1.89 bits per heavy atom. The molecule has 36 heavy (non-hydrogen) atoms. The normalized spacial score (nSPS) is 13.4. The summed E-state index contributed by atoms with van der Waals surface area (Å²) in [6.45, 7) is 8.29. The van der Waals surface area contributed by atoms with Gasteiger partial charge in [-0.25, -0.2) is 21.4 Å². The smallest absolute Gasteiger partial charge is 0.744 e. The molecule has 0 amide bonds. The Hall–Kier alpha value is -2.05. The van der Waals surface area contributed by atoms with Crippen molar-refractivity contribution in [1.82, 2.24) is 0 Å². The predicted octanol–water partition coefficient (Wildman–Crippen LogP) is 0.352. The molecule has 186 valence electrons. The minimum atomic E-state index is -4.99. The van der Waals surface area contributed by atoms with E-state index in [1.807, 2.05) is 32.9 Å². The van der Waals surface area contributed by atoms with Crippen molar-refractivity contribution in [2.45, 2.75) is 30.6 Å². The SMILES string of the molecule is CCNc1ccc(C(=C2C=CC(=[N+](CC)CC)C=C2)c2cc(S(=O)(=O)[O-])ccc2S(=O)(=O)[O-])cc1.[Na+]. The Labute approximate surface area is 234 Å². The summed E-state index contributed by atoms with van der Waals surface area (Å²) >= 11 is 0. The van der Waals surface area contributed by atoms with Gasteiger partial charge in [-0.3, -0.25) is 0 Å². The van der Waals surface area contributed by atoms with E-state index >= 15 is 0 Å². The van der Waals surface area contributed by atoms with Crippen molar-refractivity contribution in [2.24, 2.45) is 0 Å². The molecule has 0 atom stereocenters. The van der Waals surface area contributed by atoms with E-state index in [2.05, 4.69) is 9.89 Å². The molecule has 2 aromatic rings. The zero-order valence-electron chi connectivity index (χ0n) is 20.7. The van der Waals surface area contributed by atoms with Crippen LogP contribution < -0.4 is 34.9 Å².